The lowest BCUT2D eigenvalue weighted by molar-refractivity contribution is 0.0755. The first-order valence-electron chi connectivity index (χ1n) is 9.65. The minimum Gasteiger partial charge on any atom is -0.336 e. The van der Waals surface area contributed by atoms with E-state index in [-0.39, 0.29) is 11.5 Å². The Morgan fingerprint density at radius 2 is 1.64 bits per heavy atom. The topological polar surface area (TPSA) is 58.4 Å². The van der Waals surface area contributed by atoms with Gasteiger partial charge in [-0.15, -0.1) is 0 Å². The van der Waals surface area contributed by atoms with Gasteiger partial charge in [-0.1, -0.05) is 48.5 Å². The van der Waals surface area contributed by atoms with Crippen molar-refractivity contribution in [2.45, 2.75) is 13.0 Å². The van der Waals surface area contributed by atoms with Crippen molar-refractivity contribution in [3.05, 3.63) is 76.2 Å². The number of carbonyl (C=O) groups is 1. The molecular weight excluding hydrogens is 352 g/mol. The summed E-state index contributed by atoms with van der Waals surface area (Å²) in [6, 6.07) is 17.6. The van der Waals surface area contributed by atoms with Crippen molar-refractivity contribution in [2.24, 2.45) is 7.05 Å². The van der Waals surface area contributed by atoms with Crippen LogP contribution in [-0.4, -0.2) is 51.7 Å². The predicted octanol–water partition coefficient (Wildman–Crippen LogP) is 2.28. The average Bonchev–Trinajstić information content (AvgIpc) is 2.96. The lowest BCUT2D eigenvalue weighted by Gasteiger charge is -2.22. The molecular formula is C22H24N4O2. The molecule has 28 heavy (non-hydrogen) atoms. The van der Waals surface area contributed by atoms with Crippen LogP contribution in [0.5, 0.6) is 0 Å². The summed E-state index contributed by atoms with van der Waals surface area (Å²) >= 11 is 0. The van der Waals surface area contributed by atoms with Gasteiger partial charge in [0.2, 0.25) is 0 Å². The molecule has 1 aliphatic heterocycles. The van der Waals surface area contributed by atoms with Gasteiger partial charge in [0.1, 0.15) is 0 Å². The van der Waals surface area contributed by atoms with Gasteiger partial charge in [0.25, 0.3) is 11.5 Å². The maximum Gasteiger partial charge on any atom is 0.274 e. The molecule has 0 bridgehead atoms. The number of amides is 1. The van der Waals surface area contributed by atoms with Gasteiger partial charge < -0.3 is 4.90 Å². The summed E-state index contributed by atoms with van der Waals surface area (Å²) in [7, 11) is 1.59. The number of rotatable bonds is 3. The van der Waals surface area contributed by atoms with E-state index in [9.17, 15) is 9.59 Å². The summed E-state index contributed by atoms with van der Waals surface area (Å²) in [6.45, 7) is 4.03. The molecule has 6 heteroatoms. The summed E-state index contributed by atoms with van der Waals surface area (Å²) < 4.78 is 1.26. The standard InChI is InChI=1S/C22H24N4O2/c1-24-21(27)19-11-6-5-10-18(19)20(23-24)22(28)26-13-7-12-25(14-15-26)16-17-8-3-2-4-9-17/h2-6,8-11H,7,12-16H2,1H3. The molecule has 0 unspecified atom stereocenters. The summed E-state index contributed by atoms with van der Waals surface area (Å²) in [5, 5.41) is 5.45. The highest BCUT2D eigenvalue weighted by Crippen LogP contribution is 2.17. The first kappa shape index (κ1) is 18.4. The van der Waals surface area contributed by atoms with E-state index in [0.29, 0.717) is 29.6 Å². The normalized spacial score (nSPS) is 15.5. The second kappa shape index (κ2) is 7.94. The number of benzene rings is 2. The molecule has 1 aromatic heterocycles. The molecule has 0 atom stereocenters. The molecule has 6 nitrogen and oxygen atoms in total. The van der Waals surface area contributed by atoms with E-state index in [0.717, 1.165) is 26.1 Å². The minimum absolute atomic E-state index is 0.103. The Kier molecular flexibility index (Phi) is 5.21. The highest BCUT2D eigenvalue weighted by Gasteiger charge is 2.24. The Labute approximate surface area is 164 Å². The monoisotopic (exact) mass is 376 g/mol. The lowest BCUT2D eigenvalue weighted by Crippen LogP contribution is -2.37. The zero-order valence-electron chi connectivity index (χ0n) is 16.0. The molecule has 1 saturated heterocycles. The van der Waals surface area contributed by atoms with Crippen LogP contribution in [0, 0.1) is 0 Å². The van der Waals surface area contributed by atoms with Crippen LogP contribution in [0.3, 0.4) is 0 Å². The fourth-order valence-corrected chi connectivity index (χ4v) is 3.78. The third kappa shape index (κ3) is 3.68. The molecule has 0 spiro atoms. The highest BCUT2D eigenvalue weighted by molar-refractivity contribution is 6.04. The predicted molar refractivity (Wildman–Crippen MR) is 109 cm³/mol. The molecule has 0 aliphatic carbocycles. The summed E-state index contributed by atoms with van der Waals surface area (Å²) in [6.07, 6.45) is 0.919. The van der Waals surface area contributed by atoms with Crippen LogP contribution < -0.4 is 5.56 Å². The third-order valence-electron chi connectivity index (χ3n) is 5.28. The van der Waals surface area contributed by atoms with Gasteiger partial charge in [-0.05, 0) is 18.1 Å². The molecule has 3 aromatic rings. The SMILES string of the molecule is Cn1nc(C(=O)N2CCCN(Cc3ccccc3)CC2)c2ccccc2c1=O. The Morgan fingerprint density at radius 3 is 2.43 bits per heavy atom. The number of aryl methyl sites for hydroxylation is 1. The summed E-state index contributed by atoms with van der Waals surface area (Å²) in [5.41, 5.74) is 1.46. The fraction of sp³-hybridized carbons (Fsp3) is 0.318. The summed E-state index contributed by atoms with van der Waals surface area (Å²) in [4.78, 5) is 29.8. The van der Waals surface area contributed by atoms with E-state index < -0.39 is 0 Å². The molecule has 1 aliphatic rings. The van der Waals surface area contributed by atoms with E-state index in [2.05, 4.69) is 34.3 Å². The van der Waals surface area contributed by atoms with Gasteiger partial charge >= 0.3 is 0 Å². The molecule has 4 rings (SSSR count). The molecule has 1 fully saturated rings. The van der Waals surface area contributed by atoms with E-state index >= 15 is 0 Å². The van der Waals surface area contributed by atoms with Crippen molar-refractivity contribution < 1.29 is 4.79 Å². The van der Waals surface area contributed by atoms with Crippen LogP contribution in [0.4, 0.5) is 0 Å². The van der Waals surface area contributed by atoms with E-state index in [1.54, 1.807) is 19.2 Å². The molecule has 1 amide bonds. The van der Waals surface area contributed by atoms with Gasteiger partial charge in [-0.25, -0.2) is 4.68 Å². The molecule has 2 heterocycles. The van der Waals surface area contributed by atoms with Crippen molar-refractivity contribution in [1.82, 2.24) is 19.6 Å². The number of fused-ring (bicyclic) bond motifs is 1. The zero-order valence-corrected chi connectivity index (χ0v) is 16.0. The van der Waals surface area contributed by atoms with Crippen LogP contribution in [0.2, 0.25) is 0 Å². The van der Waals surface area contributed by atoms with Gasteiger partial charge in [-0.3, -0.25) is 14.5 Å². The second-order valence-corrected chi connectivity index (χ2v) is 7.23. The zero-order chi connectivity index (χ0) is 19.5. The smallest absolute Gasteiger partial charge is 0.274 e. The molecule has 0 radical (unpaired) electrons. The van der Waals surface area contributed by atoms with E-state index in [1.807, 2.05) is 23.1 Å². The molecule has 0 saturated carbocycles. The van der Waals surface area contributed by atoms with Crippen molar-refractivity contribution >= 4 is 16.7 Å². The van der Waals surface area contributed by atoms with E-state index in [1.165, 1.54) is 10.2 Å². The maximum atomic E-state index is 13.2. The number of nitrogens with zero attached hydrogens (tertiary/aromatic N) is 4. The maximum absolute atomic E-state index is 13.2. The first-order valence-corrected chi connectivity index (χ1v) is 9.65. The third-order valence-corrected chi connectivity index (χ3v) is 5.28. The largest absolute Gasteiger partial charge is 0.336 e. The second-order valence-electron chi connectivity index (χ2n) is 7.23. The highest BCUT2D eigenvalue weighted by atomic mass is 16.2. The Morgan fingerprint density at radius 1 is 0.929 bits per heavy atom. The van der Waals surface area contributed by atoms with Crippen LogP contribution >= 0.6 is 0 Å². The number of hydrogen-bond acceptors (Lipinski definition) is 4. The van der Waals surface area contributed by atoms with Gasteiger partial charge in [0.15, 0.2) is 5.69 Å². The fourth-order valence-electron chi connectivity index (χ4n) is 3.78. The van der Waals surface area contributed by atoms with Crippen LogP contribution in [0.15, 0.2) is 59.4 Å². The van der Waals surface area contributed by atoms with Crippen LogP contribution in [-0.2, 0) is 13.6 Å². The molecule has 0 N–H and O–H groups in total. The van der Waals surface area contributed by atoms with Crippen LogP contribution in [0.1, 0.15) is 22.5 Å². The Hall–Kier alpha value is -2.99. The average molecular weight is 376 g/mol. The van der Waals surface area contributed by atoms with E-state index in [4.69, 9.17) is 0 Å². The quantitative estimate of drug-likeness (QED) is 0.704. The molecule has 2 aromatic carbocycles. The van der Waals surface area contributed by atoms with Crippen molar-refractivity contribution in [3.63, 3.8) is 0 Å². The lowest BCUT2D eigenvalue weighted by atomic mass is 10.1. The van der Waals surface area contributed by atoms with Crippen molar-refractivity contribution in [1.29, 1.82) is 0 Å². The Bertz CT molecular complexity index is 1050. The number of aromatic nitrogens is 2. The minimum atomic E-state index is -0.183. The van der Waals surface area contributed by atoms with Crippen molar-refractivity contribution in [3.8, 4) is 0 Å². The van der Waals surface area contributed by atoms with Gasteiger partial charge in [-0.2, -0.15) is 5.10 Å². The summed E-state index contributed by atoms with van der Waals surface area (Å²) in [5.74, 6) is -0.103. The number of hydrogen-bond donors (Lipinski definition) is 0. The van der Waals surface area contributed by atoms with Crippen LogP contribution in [0.25, 0.3) is 10.8 Å². The van der Waals surface area contributed by atoms with Crippen molar-refractivity contribution in [2.75, 3.05) is 26.2 Å². The first-order chi connectivity index (χ1) is 13.6. The van der Waals surface area contributed by atoms with Gasteiger partial charge in [0.05, 0.1) is 5.39 Å². The Balaban J connectivity index is 1.54. The van der Waals surface area contributed by atoms with Gasteiger partial charge in [0, 0.05) is 45.2 Å². The molecule has 144 valence electrons. The number of carbonyl (C=O) groups excluding carboxylic acids is 1.